The number of para-hydroxylation sites is 1. The van der Waals surface area contributed by atoms with Gasteiger partial charge in [-0.1, -0.05) is 30.3 Å². The van der Waals surface area contributed by atoms with Crippen LogP contribution in [-0.4, -0.2) is 29.6 Å². The van der Waals surface area contributed by atoms with E-state index in [4.69, 9.17) is 10.00 Å². The van der Waals surface area contributed by atoms with E-state index in [-0.39, 0.29) is 22.9 Å². The van der Waals surface area contributed by atoms with Crippen LogP contribution in [-0.2, 0) is 14.3 Å². The van der Waals surface area contributed by atoms with Gasteiger partial charge in [0.25, 0.3) is 5.91 Å². The van der Waals surface area contributed by atoms with Crippen LogP contribution in [0.25, 0.3) is 0 Å². The average molecular weight is 478 g/mol. The van der Waals surface area contributed by atoms with E-state index < -0.39 is 23.8 Å². The summed E-state index contributed by atoms with van der Waals surface area (Å²) in [7, 11) is 0. The van der Waals surface area contributed by atoms with E-state index in [1.807, 2.05) is 6.07 Å². The SMILES string of the molecule is CC(OC(=O)c1ccccc1SCC(=O)Nc1cccc(C#N)c1)C(=O)Nc1ccccc1F. The molecule has 0 saturated carbocycles. The molecule has 0 saturated heterocycles. The zero-order valence-corrected chi connectivity index (χ0v) is 18.9. The highest BCUT2D eigenvalue weighted by Crippen LogP contribution is 2.24. The number of carbonyl (C=O) groups is 3. The van der Waals surface area contributed by atoms with Gasteiger partial charge in [-0.05, 0) is 49.4 Å². The van der Waals surface area contributed by atoms with Gasteiger partial charge in [-0.2, -0.15) is 5.26 Å². The van der Waals surface area contributed by atoms with E-state index in [2.05, 4.69) is 10.6 Å². The highest BCUT2D eigenvalue weighted by molar-refractivity contribution is 8.00. The summed E-state index contributed by atoms with van der Waals surface area (Å²) in [4.78, 5) is 37.8. The Morgan fingerprint density at radius 2 is 1.76 bits per heavy atom. The lowest BCUT2D eigenvalue weighted by Crippen LogP contribution is -2.30. The zero-order chi connectivity index (χ0) is 24.5. The third-order valence-electron chi connectivity index (χ3n) is 4.53. The first-order chi connectivity index (χ1) is 16.4. The number of hydrogen-bond acceptors (Lipinski definition) is 6. The summed E-state index contributed by atoms with van der Waals surface area (Å²) in [6.45, 7) is 1.38. The predicted octanol–water partition coefficient (Wildman–Crippen LogP) is 4.61. The summed E-state index contributed by atoms with van der Waals surface area (Å²) in [5.74, 6) is -2.34. The number of carbonyl (C=O) groups excluding carboxylic acids is 3. The predicted molar refractivity (Wildman–Crippen MR) is 127 cm³/mol. The van der Waals surface area contributed by atoms with Crippen LogP contribution in [0.1, 0.15) is 22.8 Å². The van der Waals surface area contributed by atoms with E-state index in [0.29, 0.717) is 16.1 Å². The van der Waals surface area contributed by atoms with Crippen molar-refractivity contribution in [3.8, 4) is 6.07 Å². The molecule has 0 aliphatic carbocycles. The maximum absolute atomic E-state index is 13.7. The average Bonchev–Trinajstić information content (AvgIpc) is 2.84. The van der Waals surface area contributed by atoms with Crippen LogP contribution < -0.4 is 10.6 Å². The molecule has 3 aromatic rings. The smallest absolute Gasteiger partial charge is 0.340 e. The van der Waals surface area contributed by atoms with Gasteiger partial charge in [-0.25, -0.2) is 9.18 Å². The van der Waals surface area contributed by atoms with Crippen molar-refractivity contribution in [3.63, 3.8) is 0 Å². The maximum atomic E-state index is 13.7. The molecule has 172 valence electrons. The van der Waals surface area contributed by atoms with Gasteiger partial charge in [0.15, 0.2) is 6.10 Å². The molecule has 3 aromatic carbocycles. The summed E-state index contributed by atoms with van der Waals surface area (Å²) in [5, 5.41) is 14.0. The lowest BCUT2D eigenvalue weighted by Gasteiger charge is -2.15. The van der Waals surface area contributed by atoms with Gasteiger partial charge < -0.3 is 15.4 Å². The van der Waals surface area contributed by atoms with Crippen LogP contribution in [0.3, 0.4) is 0 Å². The minimum Gasteiger partial charge on any atom is -0.449 e. The first kappa shape index (κ1) is 24.5. The Hall–Kier alpha value is -4.16. The molecule has 0 spiro atoms. The number of nitrogens with zero attached hydrogens (tertiary/aromatic N) is 1. The van der Waals surface area contributed by atoms with Gasteiger partial charge in [-0.3, -0.25) is 9.59 Å². The standard InChI is InChI=1S/C25H20FN3O4S/c1-16(24(31)29-21-11-4-3-10-20(21)26)33-25(32)19-9-2-5-12-22(19)34-15-23(30)28-18-8-6-7-17(13-18)14-27/h2-13,16H,15H2,1H3,(H,28,30)(H,29,31). The van der Waals surface area contributed by atoms with Gasteiger partial charge >= 0.3 is 5.97 Å². The van der Waals surface area contributed by atoms with Crippen molar-refractivity contribution in [2.24, 2.45) is 0 Å². The molecule has 0 radical (unpaired) electrons. The molecule has 34 heavy (non-hydrogen) atoms. The molecule has 0 bridgehead atoms. The number of amides is 2. The quantitative estimate of drug-likeness (QED) is 0.362. The Morgan fingerprint density at radius 3 is 2.53 bits per heavy atom. The normalized spacial score (nSPS) is 11.1. The van der Waals surface area contributed by atoms with Crippen molar-refractivity contribution >= 4 is 40.9 Å². The summed E-state index contributed by atoms with van der Waals surface area (Å²) < 4.78 is 19.0. The minimum atomic E-state index is -1.18. The number of thioether (sulfide) groups is 1. The molecule has 9 heteroatoms. The number of nitrogens with one attached hydrogen (secondary N) is 2. The van der Waals surface area contributed by atoms with Crippen molar-refractivity contribution in [1.82, 2.24) is 0 Å². The third kappa shape index (κ3) is 6.67. The molecule has 2 N–H and O–H groups in total. The van der Waals surface area contributed by atoms with Gasteiger partial charge in [0.05, 0.1) is 28.6 Å². The number of rotatable bonds is 8. The van der Waals surface area contributed by atoms with Gasteiger partial charge in [0.1, 0.15) is 5.82 Å². The van der Waals surface area contributed by atoms with E-state index in [0.717, 1.165) is 11.8 Å². The number of halogens is 1. The van der Waals surface area contributed by atoms with E-state index in [1.165, 1.54) is 31.2 Å². The molecular weight excluding hydrogens is 457 g/mol. The summed E-state index contributed by atoms with van der Waals surface area (Å²) in [6, 6.07) is 20.7. The molecule has 2 amide bonds. The fourth-order valence-corrected chi connectivity index (χ4v) is 3.68. The number of benzene rings is 3. The molecule has 0 aliphatic heterocycles. The van der Waals surface area contributed by atoms with Crippen LogP contribution in [0.5, 0.6) is 0 Å². The van der Waals surface area contributed by atoms with Crippen molar-refractivity contribution in [2.75, 3.05) is 16.4 Å². The molecule has 3 rings (SSSR count). The monoisotopic (exact) mass is 477 g/mol. The third-order valence-corrected chi connectivity index (χ3v) is 5.60. The second kappa shape index (κ2) is 11.6. The lowest BCUT2D eigenvalue weighted by atomic mass is 10.2. The molecule has 1 unspecified atom stereocenters. The largest absolute Gasteiger partial charge is 0.449 e. The van der Waals surface area contributed by atoms with Crippen LogP contribution in [0.4, 0.5) is 15.8 Å². The highest BCUT2D eigenvalue weighted by atomic mass is 32.2. The number of hydrogen-bond donors (Lipinski definition) is 2. The van der Waals surface area contributed by atoms with Crippen molar-refractivity contribution in [1.29, 1.82) is 5.26 Å². The zero-order valence-electron chi connectivity index (χ0n) is 18.1. The van der Waals surface area contributed by atoms with Gasteiger partial charge in [0.2, 0.25) is 5.91 Å². The Morgan fingerprint density at radius 1 is 1.03 bits per heavy atom. The van der Waals surface area contributed by atoms with E-state index >= 15 is 0 Å². The highest BCUT2D eigenvalue weighted by Gasteiger charge is 2.22. The van der Waals surface area contributed by atoms with Crippen LogP contribution in [0.2, 0.25) is 0 Å². The van der Waals surface area contributed by atoms with Crippen molar-refractivity contribution in [3.05, 3.63) is 89.7 Å². The maximum Gasteiger partial charge on any atom is 0.340 e. The number of esters is 1. The Balaban J connectivity index is 1.59. The summed E-state index contributed by atoms with van der Waals surface area (Å²) in [5.41, 5.74) is 1.09. The number of nitriles is 1. The van der Waals surface area contributed by atoms with Crippen molar-refractivity contribution in [2.45, 2.75) is 17.9 Å². The molecule has 0 heterocycles. The Bertz CT molecular complexity index is 1260. The minimum absolute atomic E-state index is 0.00436. The molecule has 1 atom stereocenters. The lowest BCUT2D eigenvalue weighted by molar-refractivity contribution is -0.123. The van der Waals surface area contributed by atoms with Crippen LogP contribution in [0.15, 0.2) is 77.7 Å². The van der Waals surface area contributed by atoms with Gasteiger partial charge in [0, 0.05) is 10.6 Å². The molecule has 0 aromatic heterocycles. The fraction of sp³-hybridized carbons (Fsp3) is 0.120. The summed E-state index contributed by atoms with van der Waals surface area (Å²) >= 11 is 1.12. The number of ether oxygens (including phenoxy) is 1. The van der Waals surface area contributed by atoms with Crippen LogP contribution >= 0.6 is 11.8 Å². The summed E-state index contributed by atoms with van der Waals surface area (Å²) in [6.07, 6.45) is -1.18. The molecule has 0 aliphatic rings. The molecule has 0 fully saturated rings. The first-order valence-electron chi connectivity index (χ1n) is 10.2. The first-order valence-corrected chi connectivity index (χ1v) is 11.1. The molecule has 7 nitrogen and oxygen atoms in total. The fourth-order valence-electron chi connectivity index (χ4n) is 2.84. The van der Waals surface area contributed by atoms with E-state index in [9.17, 15) is 18.8 Å². The van der Waals surface area contributed by atoms with Crippen LogP contribution in [0, 0.1) is 17.1 Å². The Kier molecular flexibility index (Phi) is 8.37. The van der Waals surface area contributed by atoms with Crippen molar-refractivity contribution < 1.29 is 23.5 Å². The second-order valence-electron chi connectivity index (χ2n) is 7.04. The molecular formula is C25H20FN3O4S. The van der Waals surface area contributed by atoms with Gasteiger partial charge in [-0.15, -0.1) is 11.8 Å². The number of anilines is 2. The topological polar surface area (TPSA) is 108 Å². The second-order valence-corrected chi connectivity index (χ2v) is 8.06. The Labute approximate surface area is 199 Å². The van der Waals surface area contributed by atoms with E-state index in [1.54, 1.807) is 48.5 Å².